The van der Waals surface area contributed by atoms with E-state index in [1.54, 1.807) is 4.57 Å². The first kappa shape index (κ1) is 26.1. The van der Waals surface area contributed by atoms with Gasteiger partial charge >= 0.3 is 0 Å². The topological polar surface area (TPSA) is 76.0 Å². The van der Waals surface area contributed by atoms with Gasteiger partial charge in [0.15, 0.2) is 0 Å². The standard InChI is InChI=1S/C22H30N4O2.2ClH/c1-6-18-24-17-11-8-7-10-15(17)20(28)26(18)13-9-12-23-19(27)16-14-21(2,3)25-22(16,4)5;;/h7-8,10-11,14,25H,6,9,12-13H2,1-5H3,(H,23,27);2*1H. The molecular formula is C22H32Cl2N4O2. The van der Waals surface area contributed by atoms with Gasteiger partial charge < -0.3 is 5.32 Å². The molecule has 0 radical (unpaired) electrons. The fourth-order valence-electron chi connectivity index (χ4n) is 4.05. The van der Waals surface area contributed by atoms with Crippen LogP contribution in [0.1, 0.15) is 46.9 Å². The molecule has 0 saturated carbocycles. The van der Waals surface area contributed by atoms with Crippen LogP contribution < -0.4 is 16.2 Å². The first-order valence-electron chi connectivity index (χ1n) is 9.94. The summed E-state index contributed by atoms with van der Waals surface area (Å²) in [7, 11) is 0. The summed E-state index contributed by atoms with van der Waals surface area (Å²) in [5.74, 6) is 0.725. The third-order valence-electron chi connectivity index (χ3n) is 5.16. The van der Waals surface area contributed by atoms with Crippen LogP contribution in [0.25, 0.3) is 10.9 Å². The van der Waals surface area contributed by atoms with Gasteiger partial charge in [0.05, 0.1) is 10.9 Å². The van der Waals surface area contributed by atoms with E-state index in [1.165, 1.54) is 0 Å². The van der Waals surface area contributed by atoms with Gasteiger partial charge in [-0.1, -0.05) is 25.1 Å². The number of para-hydroxylation sites is 1. The van der Waals surface area contributed by atoms with Gasteiger partial charge in [-0.15, -0.1) is 24.8 Å². The molecule has 30 heavy (non-hydrogen) atoms. The number of nitrogens with zero attached hydrogens (tertiary/aromatic N) is 2. The lowest BCUT2D eigenvalue weighted by Gasteiger charge is -2.27. The Morgan fingerprint density at radius 2 is 1.83 bits per heavy atom. The number of benzene rings is 1. The highest BCUT2D eigenvalue weighted by atomic mass is 35.5. The van der Waals surface area contributed by atoms with Gasteiger partial charge in [0.2, 0.25) is 5.91 Å². The quantitative estimate of drug-likeness (QED) is 0.655. The summed E-state index contributed by atoms with van der Waals surface area (Å²) in [5, 5.41) is 7.08. The lowest BCUT2D eigenvalue weighted by atomic mass is 9.96. The van der Waals surface area contributed by atoms with E-state index in [0.29, 0.717) is 31.3 Å². The molecule has 0 saturated heterocycles. The second kappa shape index (κ2) is 9.94. The average Bonchev–Trinajstić information content (AvgIpc) is 2.87. The third kappa shape index (κ3) is 5.42. The molecule has 2 N–H and O–H groups in total. The summed E-state index contributed by atoms with van der Waals surface area (Å²) in [4.78, 5) is 30.1. The van der Waals surface area contributed by atoms with Gasteiger partial charge in [-0.25, -0.2) is 4.98 Å². The maximum atomic E-state index is 12.8. The summed E-state index contributed by atoms with van der Waals surface area (Å²) in [6, 6.07) is 7.43. The molecule has 0 unspecified atom stereocenters. The molecule has 1 aromatic heterocycles. The van der Waals surface area contributed by atoms with Crippen molar-refractivity contribution < 1.29 is 4.79 Å². The van der Waals surface area contributed by atoms with Gasteiger partial charge in [0, 0.05) is 36.2 Å². The van der Waals surface area contributed by atoms with Crippen LogP contribution in [0, 0.1) is 0 Å². The minimum Gasteiger partial charge on any atom is -0.352 e. The van der Waals surface area contributed by atoms with E-state index in [4.69, 9.17) is 0 Å². The number of carbonyl (C=O) groups is 1. The molecule has 6 nitrogen and oxygen atoms in total. The molecule has 2 aromatic rings. The zero-order valence-electron chi connectivity index (χ0n) is 18.2. The number of halogens is 2. The molecule has 0 aliphatic carbocycles. The maximum absolute atomic E-state index is 12.8. The van der Waals surface area contributed by atoms with E-state index < -0.39 is 0 Å². The predicted molar refractivity (Wildman–Crippen MR) is 127 cm³/mol. The maximum Gasteiger partial charge on any atom is 0.261 e. The van der Waals surface area contributed by atoms with E-state index in [1.807, 2.05) is 51.1 Å². The van der Waals surface area contributed by atoms with Crippen LogP contribution >= 0.6 is 24.8 Å². The van der Waals surface area contributed by atoms with Crippen LogP contribution in [0.15, 0.2) is 40.7 Å². The summed E-state index contributed by atoms with van der Waals surface area (Å²) >= 11 is 0. The van der Waals surface area contributed by atoms with Crippen molar-refractivity contribution in [3.8, 4) is 0 Å². The molecule has 3 rings (SSSR count). The molecule has 0 spiro atoms. The Morgan fingerprint density at radius 3 is 2.43 bits per heavy atom. The molecule has 0 atom stereocenters. The van der Waals surface area contributed by atoms with Crippen LogP contribution in [-0.4, -0.2) is 33.1 Å². The van der Waals surface area contributed by atoms with Crippen molar-refractivity contribution >= 4 is 41.6 Å². The molecule has 1 aliphatic rings. The molecule has 1 aliphatic heterocycles. The number of rotatable bonds is 6. The van der Waals surface area contributed by atoms with Crippen molar-refractivity contribution in [1.29, 1.82) is 0 Å². The van der Waals surface area contributed by atoms with E-state index in [0.717, 1.165) is 16.9 Å². The zero-order chi connectivity index (χ0) is 20.5. The van der Waals surface area contributed by atoms with Gasteiger partial charge in [-0.3, -0.25) is 19.5 Å². The van der Waals surface area contributed by atoms with Gasteiger partial charge in [-0.2, -0.15) is 0 Å². The monoisotopic (exact) mass is 454 g/mol. The Bertz CT molecular complexity index is 996. The number of amides is 1. The van der Waals surface area contributed by atoms with E-state index in [-0.39, 0.29) is 47.4 Å². The van der Waals surface area contributed by atoms with Gasteiger partial charge in [-0.05, 0) is 46.2 Å². The highest BCUT2D eigenvalue weighted by Crippen LogP contribution is 2.29. The van der Waals surface area contributed by atoms with Crippen LogP contribution in [-0.2, 0) is 17.8 Å². The number of hydrogen-bond acceptors (Lipinski definition) is 4. The number of hydrogen-bond donors (Lipinski definition) is 2. The zero-order valence-corrected chi connectivity index (χ0v) is 19.9. The van der Waals surface area contributed by atoms with E-state index in [2.05, 4.69) is 29.5 Å². The average molecular weight is 455 g/mol. The van der Waals surface area contributed by atoms with Crippen molar-refractivity contribution in [1.82, 2.24) is 20.2 Å². The molecule has 0 fully saturated rings. The fraction of sp³-hybridized carbons (Fsp3) is 0.500. The smallest absolute Gasteiger partial charge is 0.261 e. The molecule has 166 valence electrons. The van der Waals surface area contributed by atoms with Crippen molar-refractivity contribution in [3.63, 3.8) is 0 Å². The number of aromatic nitrogens is 2. The normalized spacial score (nSPS) is 16.4. The molecule has 2 heterocycles. The lowest BCUT2D eigenvalue weighted by Crippen LogP contribution is -2.47. The first-order valence-corrected chi connectivity index (χ1v) is 9.94. The largest absolute Gasteiger partial charge is 0.352 e. The van der Waals surface area contributed by atoms with Crippen molar-refractivity contribution in [2.45, 2.75) is 65.1 Å². The Hall–Kier alpha value is -1.89. The number of fused-ring (bicyclic) bond motifs is 1. The highest BCUT2D eigenvalue weighted by molar-refractivity contribution is 5.96. The van der Waals surface area contributed by atoms with Crippen molar-refractivity contribution in [3.05, 3.63) is 52.1 Å². The van der Waals surface area contributed by atoms with Crippen molar-refractivity contribution in [2.75, 3.05) is 6.54 Å². The van der Waals surface area contributed by atoms with Gasteiger partial charge in [0.25, 0.3) is 5.56 Å². The molecule has 1 aromatic carbocycles. The Labute approximate surface area is 190 Å². The first-order chi connectivity index (χ1) is 13.1. The highest BCUT2D eigenvalue weighted by Gasteiger charge is 2.39. The van der Waals surface area contributed by atoms with Crippen LogP contribution in [0.4, 0.5) is 0 Å². The minimum absolute atomic E-state index is 0. The number of carbonyl (C=O) groups excluding carboxylic acids is 1. The third-order valence-corrected chi connectivity index (χ3v) is 5.16. The Kier molecular flexibility index (Phi) is 8.67. The minimum atomic E-state index is -0.359. The number of nitrogens with one attached hydrogen (secondary N) is 2. The van der Waals surface area contributed by atoms with Gasteiger partial charge in [0.1, 0.15) is 5.82 Å². The Balaban J connectivity index is 0.00000225. The van der Waals surface area contributed by atoms with Crippen LogP contribution in [0.3, 0.4) is 0 Å². The molecule has 1 amide bonds. The summed E-state index contributed by atoms with van der Waals surface area (Å²) in [6.07, 6.45) is 3.35. The summed E-state index contributed by atoms with van der Waals surface area (Å²) < 4.78 is 1.73. The molecular weight excluding hydrogens is 423 g/mol. The fourth-order valence-corrected chi connectivity index (χ4v) is 4.05. The molecule has 8 heteroatoms. The predicted octanol–water partition coefficient (Wildman–Crippen LogP) is 3.40. The second-order valence-corrected chi connectivity index (χ2v) is 8.49. The second-order valence-electron chi connectivity index (χ2n) is 8.49. The SMILES string of the molecule is CCc1nc2ccccc2c(=O)n1CCCNC(=O)C1=CC(C)(C)NC1(C)C.Cl.Cl. The summed E-state index contributed by atoms with van der Waals surface area (Å²) in [6.45, 7) is 11.2. The number of aryl methyl sites for hydroxylation is 1. The Morgan fingerprint density at radius 1 is 1.17 bits per heavy atom. The van der Waals surface area contributed by atoms with E-state index in [9.17, 15) is 9.59 Å². The van der Waals surface area contributed by atoms with Crippen molar-refractivity contribution in [2.24, 2.45) is 0 Å². The van der Waals surface area contributed by atoms with Crippen LogP contribution in [0.5, 0.6) is 0 Å². The lowest BCUT2D eigenvalue weighted by molar-refractivity contribution is -0.118. The summed E-state index contributed by atoms with van der Waals surface area (Å²) in [5.41, 5.74) is 0.924. The van der Waals surface area contributed by atoms with E-state index >= 15 is 0 Å². The van der Waals surface area contributed by atoms with Crippen LogP contribution in [0.2, 0.25) is 0 Å². The molecule has 0 bridgehead atoms.